The number of methoxy groups -OCH3 is 1. The molecule has 3 nitrogen and oxygen atoms in total. The first-order chi connectivity index (χ1) is 10.6. The van der Waals surface area contributed by atoms with E-state index in [-0.39, 0.29) is 11.9 Å². The SMILES string of the molecule is COc1ccccc1[C@@H](C)NC(=O)CSc1ccc(Cl)cc1. The third kappa shape index (κ3) is 4.68. The van der Waals surface area contributed by atoms with Crippen LogP contribution in [-0.2, 0) is 4.79 Å². The van der Waals surface area contributed by atoms with Crippen molar-refractivity contribution in [3.63, 3.8) is 0 Å². The zero-order valence-corrected chi connectivity index (χ0v) is 14.1. The fourth-order valence-electron chi connectivity index (χ4n) is 2.06. The van der Waals surface area contributed by atoms with Gasteiger partial charge in [-0.3, -0.25) is 4.79 Å². The summed E-state index contributed by atoms with van der Waals surface area (Å²) in [6, 6.07) is 15.0. The van der Waals surface area contributed by atoms with Crippen LogP contribution in [-0.4, -0.2) is 18.8 Å². The highest BCUT2D eigenvalue weighted by molar-refractivity contribution is 8.00. The molecule has 0 aliphatic carbocycles. The number of thioether (sulfide) groups is 1. The van der Waals surface area contributed by atoms with Gasteiger partial charge in [-0.25, -0.2) is 0 Å². The second-order valence-electron chi connectivity index (χ2n) is 4.77. The quantitative estimate of drug-likeness (QED) is 0.799. The van der Waals surface area contributed by atoms with Gasteiger partial charge in [0, 0.05) is 15.5 Å². The van der Waals surface area contributed by atoms with Crippen LogP contribution in [0.3, 0.4) is 0 Å². The lowest BCUT2D eigenvalue weighted by molar-refractivity contribution is -0.119. The molecular formula is C17H18ClNO2S. The Bertz CT molecular complexity index is 631. The zero-order chi connectivity index (χ0) is 15.9. The Morgan fingerprint density at radius 3 is 2.59 bits per heavy atom. The average molecular weight is 336 g/mol. The van der Waals surface area contributed by atoms with Gasteiger partial charge in [-0.15, -0.1) is 11.8 Å². The van der Waals surface area contributed by atoms with Gasteiger partial charge in [-0.1, -0.05) is 29.8 Å². The van der Waals surface area contributed by atoms with Crippen molar-refractivity contribution in [3.8, 4) is 5.75 Å². The predicted octanol–water partition coefficient (Wildman–Crippen LogP) is 4.32. The van der Waals surface area contributed by atoms with Crippen molar-refractivity contribution in [1.82, 2.24) is 5.32 Å². The normalized spacial score (nSPS) is 11.8. The molecule has 0 aromatic heterocycles. The summed E-state index contributed by atoms with van der Waals surface area (Å²) < 4.78 is 5.32. The summed E-state index contributed by atoms with van der Waals surface area (Å²) in [4.78, 5) is 13.1. The van der Waals surface area contributed by atoms with Crippen LogP contribution in [0.1, 0.15) is 18.5 Å². The molecular weight excluding hydrogens is 318 g/mol. The van der Waals surface area contributed by atoms with Gasteiger partial charge in [0.2, 0.25) is 5.91 Å². The molecule has 0 unspecified atom stereocenters. The van der Waals surface area contributed by atoms with Gasteiger partial charge in [0.25, 0.3) is 0 Å². The van der Waals surface area contributed by atoms with E-state index in [0.29, 0.717) is 10.8 Å². The molecule has 1 N–H and O–H groups in total. The summed E-state index contributed by atoms with van der Waals surface area (Å²) in [7, 11) is 1.63. The molecule has 116 valence electrons. The number of ether oxygens (including phenoxy) is 1. The number of carbonyl (C=O) groups is 1. The Labute approximate surface area is 140 Å². The third-order valence-electron chi connectivity index (χ3n) is 3.17. The molecule has 2 rings (SSSR count). The Kier molecular flexibility index (Phi) is 6.16. The Balaban J connectivity index is 1.90. The van der Waals surface area contributed by atoms with Crippen LogP contribution in [0.5, 0.6) is 5.75 Å². The molecule has 0 spiro atoms. The van der Waals surface area contributed by atoms with Crippen LogP contribution in [0.25, 0.3) is 0 Å². The number of hydrogen-bond acceptors (Lipinski definition) is 3. The van der Waals surface area contributed by atoms with Crippen molar-refractivity contribution in [3.05, 3.63) is 59.1 Å². The largest absolute Gasteiger partial charge is 0.496 e. The van der Waals surface area contributed by atoms with Crippen molar-refractivity contribution in [2.75, 3.05) is 12.9 Å². The standard InChI is InChI=1S/C17H18ClNO2S/c1-12(15-5-3-4-6-16(15)21-2)19-17(20)11-22-14-9-7-13(18)8-10-14/h3-10,12H,11H2,1-2H3,(H,19,20)/t12-/m1/s1. The van der Waals surface area contributed by atoms with Gasteiger partial charge in [-0.05, 0) is 37.3 Å². The summed E-state index contributed by atoms with van der Waals surface area (Å²) in [6.45, 7) is 1.95. The predicted molar refractivity (Wildman–Crippen MR) is 91.7 cm³/mol. The molecule has 0 aliphatic rings. The smallest absolute Gasteiger partial charge is 0.230 e. The number of carbonyl (C=O) groups excluding carboxylic acids is 1. The van der Waals surface area contributed by atoms with E-state index in [1.54, 1.807) is 7.11 Å². The molecule has 22 heavy (non-hydrogen) atoms. The van der Waals surface area contributed by atoms with E-state index >= 15 is 0 Å². The number of amides is 1. The highest BCUT2D eigenvalue weighted by Gasteiger charge is 2.13. The van der Waals surface area contributed by atoms with Crippen molar-refractivity contribution in [2.45, 2.75) is 17.9 Å². The molecule has 1 atom stereocenters. The second-order valence-corrected chi connectivity index (χ2v) is 6.26. The van der Waals surface area contributed by atoms with Crippen LogP contribution < -0.4 is 10.1 Å². The summed E-state index contributed by atoms with van der Waals surface area (Å²) >= 11 is 7.32. The lowest BCUT2D eigenvalue weighted by atomic mass is 10.1. The molecule has 0 heterocycles. The van der Waals surface area contributed by atoms with Crippen molar-refractivity contribution < 1.29 is 9.53 Å². The lowest BCUT2D eigenvalue weighted by Gasteiger charge is -2.17. The van der Waals surface area contributed by atoms with Gasteiger partial charge >= 0.3 is 0 Å². The molecule has 0 aliphatic heterocycles. The first-order valence-corrected chi connectivity index (χ1v) is 8.27. The minimum atomic E-state index is -0.102. The minimum Gasteiger partial charge on any atom is -0.496 e. The molecule has 5 heteroatoms. The summed E-state index contributed by atoms with van der Waals surface area (Å²) in [5.41, 5.74) is 0.967. The molecule has 0 fully saturated rings. The van der Waals surface area contributed by atoms with E-state index in [4.69, 9.17) is 16.3 Å². The maximum atomic E-state index is 12.1. The number of para-hydroxylation sites is 1. The number of rotatable bonds is 6. The number of hydrogen-bond donors (Lipinski definition) is 1. The second kappa shape index (κ2) is 8.11. The maximum Gasteiger partial charge on any atom is 0.230 e. The number of nitrogens with one attached hydrogen (secondary N) is 1. The highest BCUT2D eigenvalue weighted by atomic mass is 35.5. The van der Waals surface area contributed by atoms with E-state index < -0.39 is 0 Å². The molecule has 2 aromatic rings. The summed E-state index contributed by atoms with van der Waals surface area (Å²) in [5, 5.41) is 3.68. The monoisotopic (exact) mass is 335 g/mol. The maximum absolute atomic E-state index is 12.1. The van der Waals surface area contributed by atoms with Gasteiger partial charge < -0.3 is 10.1 Å². The van der Waals surface area contributed by atoms with Crippen molar-refractivity contribution in [2.24, 2.45) is 0 Å². The fourth-order valence-corrected chi connectivity index (χ4v) is 2.90. The summed E-state index contributed by atoms with van der Waals surface area (Å²) in [5.74, 6) is 1.13. The Morgan fingerprint density at radius 2 is 1.91 bits per heavy atom. The van der Waals surface area contributed by atoms with Gasteiger partial charge in [0.1, 0.15) is 5.75 Å². The molecule has 1 amide bonds. The first kappa shape index (κ1) is 16.7. The summed E-state index contributed by atoms with van der Waals surface area (Å²) in [6.07, 6.45) is 0. The molecule has 2 aromatic carbocycles. The van der Waals surface area contributed by atoms with Gasteiger partial charge in [-0.2, -0.15) is 0 Å². The first-order valence-electron chi connectivity index (χ1n) is 6.91. The van der Waals surface area contributed by atoms with E-state index in [1.807, 2.05) is 55.5 Å². The molecule has 0 radical (unpaired) electrons. The highest BCUT2D eigenvalue weighted by Crippen LogP contribution is 2.25. The fraction of sp³-hybridized carbons (Fsp3) is 0.235. The van der Waals surface area contributed by atoms with Crippen LogP contribution in [0.2, 0.25) is 5.02 Å². The van der Waals surface area contributed by atoms with Crippen LogP contribution in [0.15, 0.2) is 53.4 Å². The minimum absolute atomic E-state index is 0.0154. The average Bonchev–Trinajstić information content (AvgIpc) is 2.54. The van der Waals surface area contributed by atoms with Crippen molar-refractivity contribution in [1.29, 1.82) is 0 Å². The van der Waals surface area contributed by atoms with E-state index in [9.17, 15) is 4.79 Å². The van der Waals surface area contributed by atoms with E-state index in [0.717, 1.165) is 16.2 Å². The third-order valence-corrected chi connectivity index (χ3v) is 4.43. The molecule has 0 bridgehead atoms. The van der Waals surface area contributed by atoms with Crippen LogP contribution >= 0.6 is 23.4 Å². The Morgan fingerprint density at radius 1 is 1.23 bits per heavy atom. The van der Waals surface area contributed by atoms with Crippen molar-refractivity contribution >= 4 is 29.3 Å². The van der Waals surface area contributed by atoms with E-state index in [1.165, 1.54) is 11.8 Å². The molecule has 0 saturated heterocycles. The van der Waals surface area contributed by atoms with Gasteiger partial charge in [0.05, 0.1) is 18.9 Å². The topological polar surface area (TPSA) is 38.3 Å². The van der Waals surface area contributed by atoms with Gasteiger partial charge in [0.15, 0.2) is 0 Å². The van der Waals surface area contributed by atoms with Crippen LogP contribution in [0, 0.1) is 0 Å². The lowest BCUT2D eigenvalue weighted by Crippen LogP contribution is -2.28. The number of benzene rings is 2. The zero-order valence-electron chi connectivity index (χ0n) is 12.5. The van der Waals surface area contributed by atoms with Crippen LogP contribution in [0.4, 0.5) is 0 Å². The Hall–Kier alpha value is -1.65. The number of halogens is 1. The molecule has 0 saturated carbocycles. The van der Waals surface area contributed by atoms with E-state index in [2.05, 4.69) is 5.32 Å².